The van der Waals surface area contributed by atoms with Gasteiger partial charge in [-0.1, -0.05) is 13.8 Å². The first-order valence-corrected chi connectivity index (χ1v) is 4.16. The van der Waals surface area contributed by atoms with Gasteiger partial charge in [0.1, 0.15) is 0 Å². The Labute approximate surface area is 63.4 Å². The van der Waals surface area contributed by atoms with Gasteiger partial charge in [-0.15, -0.1) is 0 Å². The molecule has 0 radical (unpaired) electrons. The molecule has 0 aromatic rings. The van der Waals surface area contributed by atoms with E-state index in [0.29, 0.717) is 0 Å². The molecule has 10 heavy (non-hydrogen) atoms. The molecule has 1 heterocycles. The Bertz CT molecular complexity index is 93.4. The molecule has 0 bridgehead atoms. The van der Waals surface area contributed by atoms with Crippen LogP contribution in [0, 0.1) is 11.8 Å². The zero-order valence-electron chi connectivity index (χ0n) is 7.01. The minimum absolute atomic E-state index is 0.805. The fraction of sp³-hybridized carbons (Fsp3) is 1.00. The summed E-state index contributed by atoms with van der Waals surface area (Å²) in [4.78, 5) is 2.45. The average molecular weight is 142 g/mol. The Morgan fingerprint density at radius 2 is 1.80 bits per heavy atom. The zero-order chi connectivity index (χ0) is 7.56. The van der Waals surface area contributed by atoms with Gasteiger partial charge in [-0.25, -0.2) is 0 Å². The number of hydrogen-bond acceptors (Lipinski definition) is 2. The molecule has 1 fully saturated rings. The summed E-state index contributed by atoms with van der Waals surface area (Å²) < 4.78 is 0. The van der Waals surface area contributed by atoms with Gasteiger partial charge >= 0.3 is 0 Å². The normalized spacial score (nSPS) is 35.1. The average Bonchev–Trinajstić information content (AvgIpc) is 2.14. The summed E-state index contributed by atoms with van der Waals surface area (Å²) in [7, 11) is 0. The van der Waals surface area contributed by atoms with Crippen molar-refractivity contribution >= 4 is 0 Å². The lowest BCUT2D eigenvalue weighted by Gasteiger charge is -2.12. The molecule has 0 unspecified atom stereocenters. The van der Waals surface area contributed by atoms with Gasteiger partial charge < -0.3 is 10.6 Å². The third-order valence-electron chi connectivity index (χ3n) is 2.51. The molecule has 0 aromatic heterocycles. The van der Waals surface area contributed by atoms with Gasteiger partial charge in [0.05, 0.1) is 0 Å². The summed E-state index contributed by atoms with van der Waals surface area (Å²) in [6.07, 6.45) is 0. The number of likely N-dealkylation sites (tertiary alicyclic amines) is 1. The highest BCUT2D eigenvalue weighted by Gasteiger charge is 2.24. The molecule has 2 atom stereocenters. The Morgan fingerprint density at radius 3 is 2.20 bits per heavy atom. The molecular formula is C8H18N2. The molecular weight excluding hydrogens is 124 g/mol. The zero-order valence-corrected chi connectivity index (χ0v) is 7.01. The van der Waals surface area contributed by atoms with Gasteiger partial charge in [0.2, 0.25) is 0 Å². The van der Waals surface area contributed by atoms with E-state index in [4.69, 9.17) is 5.73 Å². The van der Waals surface area contributed by atoms with E-state index in [1.165, 1.54) is 13.1 Å². The van der Waals surface area contributed by atoms with Crippen LogP contribution in [0.1, 0.15) is 13.8 Å². The Kier molecular flexibility index (Phi) is 2.69. The van der Waals surface area contributed by atoms with Gasteiger partial charge in [-0.2, -0.15) is 0 Å². The van der Waals surface area contributed by atoms with Crippen molar-refractivity contribution in [1.82, 2.24) is 4.90 Å². The van der Waals surface area contributed by atoms with Gasteiger partial charge in [-0.3, -0.25) is 0 Å². The van der Waals surface area contributed by atoms with Crippen molar-refractivity contribution < 1.29 is 0 Å². The summed E-state index contributed by atoms with van der Waals surface area (Å²) in [5, 5.41) is 0. The van der Waals surface area contributed by atoms with Gasteiger partial charge in [0.15, 0.2) is 0 Å². The second kappa shape index (κ2) is 3.35. The SMILES string of the molecule is C[C@@H]1CN(CCN)C[C@@H]1C. The fourth-order valence-corrected chi connectivity index (χ4v) is 1.61. The van der Waals surface area contributed by atoms with E-state index < -0.39 is 0 Å². The smallest absolute Gasteiger partial charge is 0.0105 e. The quantitative estimate of drug-likeness (QED) is 0.609. The molecule has 0 aromatic carbocycles. The van der Waals surface area contributed by atoms with Gasteiger partial charge in [-0.05, 0) is 11.8 Å². The lowest BCUT2D eigenvalue weighted by Crippen LogP contribution is -2.27. The number of rotatable bonds is 2. The minimum Gasteiger partial charge on any atom is -0.329 e. The molecule has 0 saturated carbocycles. The van der Waals surface area contributed by atoms with Crippen molar-refractivity contribution in [1.29, 1.82) is 0 Å². The van der Waals surface area contributed by atoms with Crippen LogP contribution in [0.4, 0.5) is 0 Å². The molecule has 2 nitrogen and oxygen atoms in total. The predicted octanol–water partition coefficient (Wildman–Crippen LogP) is 0.533. The summed E-state index contributed by atoms with van der Waals surface area (Å²) >= 11 is 0. The van der Waals surface area contributed by atoms with Crippen LogP contribution in [0.5, 0.6) is 0 Å². The molecule has 1 aliphatic rings. The highest BCUT2D eigenvalue weighted by molar-refractivity contribution is 4.78. The summed E-state index contributed by atoms with van der Waals surface area (Å²) in [5.74, 6) is 1.73. The van der Waals surface area contributed by atoms with E-state index in [0.717, 1.165) is 24.9 Å². The number of nitrogens with two attached hydrogens (primary N) is 1. The van der Waals surface area contributed by atoms with Crippen molar-refractivity contribution in [2.75, 3.05) is 26.2 Å². The van der Waals surface area contributed by atoms with Crippen molar-refractivity contribution in [3.05, 3.63) is 0 Å². The van der Waals surface area contributed by atoms with E-state index >= 15 is 0 Å². The molecule has 2 N–H and O–H groups in total. The van der Waals surface area contributed by atoms with Crippen molar-refractivity contribution in [3.8, 4) is 0 Å². The Balaban J connectivity index is 2.27. The second-order valence-corrected chi connectivity index (χ2v) is 3.50. The largest absolute Gasteiger partial charge is 0.329 e. The Hall–Kier alpha value is -0.0800. The van der Waals surface area contributed by atoms with Crippen LogP contribution in [0.3, 0.4) is 0 Å². The third-order valence-corrected chi connectivity index (χ3v) is 2.51. The molecule has 1 saturated heterocycles. The van der Waals surface area contributed by atoms with Gasteiger partial charge in [0, 0.05) is 26.2 Å². The Morgan fingerprint density at radius 1 is 1.30 bits per heavy atom. The van der Waals surface area contributed by atoms with Crippen LogP contribution < -0.4 is 5.73 Å². The van der Waals surface area contributed by atoms with Gasteiger partial charge in [0.25, 0.3) is 0 Å². The molecule has 1 aliphatic heterocycles. The van der Waals surface area contributed by atoms with Crippen LogP contribution in [0.15, 0.2) is 0 Å². The lowest BCUT2D eigenvalue weighted by atomic mass is 10.0. The fourth-order valence-electron chi connectivity index (χ4n) is 1.61. The molecule has 0 spiro atoms. The maximum atomic E-state index is 5.46. The monoisotopic (exact) mass is 142 g/mol. The lowest BCUT2D eigenvalue weighted by molar-refractivity contribution is 0.333. The van der Waals surface area contributed by atoms with Crippen molar-refractivity contribution in [2.45, 2.75) is 13.8 Å². The number of hydrogen-bond donors (Lipinski definition) is 1. The van der Waals surface area contributed by atoms with Crippen LogP contribution in [-0.4, -0.2) is 31.1 Å². The topological polar surface area (TPSA) is 29.3 Å². The highest BCUT2D eigenvalue weighted by atomic mass is 15.2. The maximum Gasteiger partial charge on any atom is 0.0105 e. The second-order valence-electron chi connectivity index (χ2n) is 3.50. The first kappa shape index (κ1) is 8.02. The summed E-state index contributed by atoms with van der Waals surface area (Å²) in [5.41, 5.74) is 5.46. The first-order valence-electron chi connectivity index (χ1n) is 4.16. The molecule has 0 amide bonds. The van der Waals surface area contributed by atoms with Crippen LogP contribution in [0.25, 0.3) is 0 Å². The maximum absolute atomic E-state index is 5.46. The van der Waals surface area contributed by atoms with E-state index in [1.807, 2.05) is 0 Å². The van der Waals surface area contributed by atoms with E-state index in [9.17, 15) is 0 Å². The first-order chi connectivity index (χ1) is 4.74. The van der Waals surface area contributed by atoms with E-state index in [2.05, 4.69) is 18.7 Å². The van der Waals surface area contributed by atoms with Crippen LogP contribution in [-0.2, 0) is 0 Å². The van der Waals surface area contributed by atoms with E-state index in [-0.39, 0.29) is 0 Å². The molecule has 2 heteroatoms. The number of nitrogens with zero attached hydrogens (tertiary/aromatic N) is 1. The minimum atomic E-state index is 0.805. The highest BCUT2D eigenvalue weighted by Crippen LogP contribution is 2.20. The summed E-state index contributed by atoms with van der Waals surface area (Å²) in [6.45, 7) is 9.02. The molecule has 0 aliphatic carbocycles. The van der Waals surface area contributed by atoms with Crippen LogP contribution >= 0.6 is 0 Å². The third kappa shape index (κ3) is 1.70. The van der Waals surface area contributed by atoms with Crippen molar-refractivity contribution in [3.63, 3.8) is 0 Å². The van der Waals surface area contributed by atoms with Crippen LogP contribution in [0.2, 0.25) is 0 Å². The van der Waals surface area contributed by atoms with E-state index in [1.54, 1.807) is 0 Å². The predicted molar refractivity (Wildman–Crippen MR) is 43.8 cm³/mol. The molecule has 60 valence electrons. The van der Waals surface area contributed by atoms with Crippen molar-refractivity contribution in [2.24, 2.45) is 17.6 Å². The standard InChI is InChI=1S/C8H18N2/c1-7-5-10(4-3-9)6-8(7)2/h7-8H,3-6,9H2,1-2H3/t7-,8+. The summed E-state index contributed by atoms with van der Waals surface area (Å²) in [6, 6.07) is 0. The molecule has 1 rings (SSSR count).